The average molecular weight is 352 g/mol. The minimum atomic E-state index is -0.294. The molecule has 3 aliphatic rings. The lowest BCUT2D eigenvalue weighted by Gasteiger charge is -2.44. The molecule has 3 rings (SSSR count). The number of piperidine rings is 1. The summed E-state index contributed by atoms with van der Waals surface area (Å²) in [4.78, 5) is 30.4. The van der Waals surface area contributed by atoms with E-state index in [1.54, 1.807) is 0 Å². The molecule has 0 aromatic carbocycles. The Hall–Kier alpha value is -1.50. The van der Waals surface area contributed by atoms with Crippen LogP contribution in [-0.2, 0) is 4.74 Å². The second kappa shape index (κ2) is 8.25. The van der Waals surface area contributed by atoms with Gasteiger partial charge < -0.3 is 25.2 Å². The van der Waals surface area contributed by atoms with Gasteiger partial charge in [0.2, 0.25) is 0 Å². The van der Waals surface area contributed by atoms with Gasteiger partial charge in [-0.1, -0.05) is 6.92 Å². The van der Waals surface area contributed by atoms with Crippen LogP contribution >= 0.6 is 0 Å². The monoisotopic (exact) mass is 352 g/mol. The Balaban J connectivity index is 1.54. The van der Waals surface area contributed by atoms with Crippen molar-refractivity contribution in [3.63, 3.8) is 0 Å². The molecule has 25 heavy (non-hydrogen) atoms. The third kappa shape index (κ3) is 4.37. The smallest absolute Gasteiger partial charge is 0.320 e. The van der Waals surface area contributed by atoms with Gasteiger partial charge >= 0.3 is 12.1 Å². The lowest BCUT2D eigenvalue weighted by atomic mass is 9.85. The molecule has 0 spiro atoms. The zero-order chi connectivity index (χ0) is 17.8. The minimum absolute atomic E-state index is 0.110. The van der Waals surface area contributed by atoms with Gasteiger partial charge in [0.1, 0.15) is 0 Å². The van der Waals surface area contributed by atoms with Crippen LogP contribution in [0.1, 0.15) is 45.4 Å². The van der Waals surface area contributed by atoms with Crippen LogP contribution in [-0.4, -0.2) is 78.2 Å². The lowest BCUT2D eigenvalue weighted by Crippen LogP contribution is -2.56. The van der Waals surface area contributed by atoms with Crippen molar-refractivity contribution in [2.24, 2.45) is 11.7 Å². The number of rotatable bonds is 2. The van der Waals surface area contributed by atoms with E-state index in [9.17, 15) is 9.59 Å². The third-order valence-electron chi connectivity index (χ3n) is 6.04. The predicted octanol–water partition coefficient (Wildman–Crippen LogP) is 1.86. The van der Waals surface area contributed by atoms with Crippen LogP contribution in [0, 0.1) is 5.92 Å². The van der Waals surface area contributed by atoms with Crippen LogP contribution in [0.2, 0.25) is 0 Å². The number of morpholine rings is 1. The molecule has 7 heteroatoms. The fourth-order valence-corrected chi connectivity index (χ4v) is 4.47. The van der Waals surface area contributed by atoms with Crippen LogP contribution in [0.4, 0.5) is 9.59 Å². The van der Waals surface area contributed by atoms with E-state index < -0.39 is 0 Å². The van der Waals surface area contributed by atoms with E-state index in [-0.39, 0.29) is 24.1 Å². The molecule has 1 aliphatic carbocycles. The number of hydrogen-bond donors (Lipinski definition) is 1. The number of urea groups is 2. The fourth-order valence-electron chi connectivity index (χ4n) is 4.47. The SMILES string of the molecule is C[C@H]1CC[C@H](N(C(N)=O)C2CCN(C(=O)N3CCOCC3)CC2)CC1. The highest BCUT2D eigenvalue weighted by atomic mass is 16.5. The molecule has 0 atom stereocenters. The first-order valence-corrected chi connectivity index (χ1v) is 9.75. The predicted molar refractivity (Wildman–Crippen MR) is 95.2 cm³/mol. The molecule has 4 amide bonds. The number of nitrogens with two attached hydrogens (primary N) is 1. The van der Waals surface area contributed by atoms with Crippen LogP contribution in [0.3, 0.4) is 0 Å². The van der Waals surface area contributed by atoms with Crippen molar-refractivity contribution in [1.29, 1.82) is 0 Å². The second-order valence-corrected chi connectivity index (χ2v) is 7.76. The Morgan fingerprint density at radius 1 is 0.880 bits per heavy atom. The van der Waals surface area contributed by atoms with E-state index >= 15 is 0 Å². The number of likely N-dealkylation sites (tertiary alicyclic amines) is 1. The molecule has 0 aromatic heterocycles. The van der Waals surface area contributed by atoms with E-state index in [1.807, 2.05) is 14.7 Å². The standard InChI is InChI=1S/C18H32N4O3/c1-14-2-4-15(5-3-14)22(17(19)23)16-6-8-20(9-7-16)18(24)21-10-12-25-13-11-21/h14-16H,2-13H2,1H3,(H2,19,23)/t14-,15-. The van der Waals surface area contributed by atoms with E-state index in [2.05, 4.69) is 6.92 Å². The molecule has 0 unspecified atom stereocenters. The van der Waals surface area contributed by atoms with Crippen LogP contribution < -0.4 is 5.73 Å². The lowest BCUT2D eigenvalue weighted by molar-refractivity contribution is 0.0360. The van der Waals surface area contributed by atoms with E-state index in [0.29, 0.717) is 39.4 Å². The molecule has 2 heterocycles. The second-order valence-electron chi connectivity index (χ2n) is 7.76. The van der Waals surface area contributed by atoms with Crippen LogP contribution in [0.5, 0.6) is 0 Å². The Labute approximate surface area is 150 Å². The molecule has 3 fully saturated rings. The van der Waals surface area contributed by atoms with Gasteiger partial charge in [0.05, 0.1) is 13.2 Å². The molecule has 2 N–H and O–H groups in total. The average Bonchev–Trinajstić information content (AvgIpc) is 2.64. The van der Waals surface area contributed by atoms with Crippen LogP contribution in [0.25, 0.3) is 0 Å². The van der Waals surface area contributed by atoms with Crippen molar-refractivity contribution in [2.45, 2.75) is 57.5 Å². The fraction of sp³-hybridized carbons (Fsp3) is 0.889. The Morgan fingerprint density at radius 2 is 1.40 bits per heavy atom. The zero-order valence-corrected chi connectivity index (χ0v) is 15.4. The first kappa shape index (κ1) is 18.3. The number of ether oxygens (including phenoxy) is 1. The zero-order valence-electron chi connectivity index (χ0n) is 15.4. The van der Waals surface area contributed by atoms with Crippen molar-refractivity contribution in [3.05, 3.63) is 0 Å². The highest BCUT2D eigenvalue weighted by Gasteiger charge is 2.35. The first-order valence-electron chi connectivity index (χ1n) is 9.75. The molecule has 0 radical (unpaired) electrons. The molecule has 1 saturated carbocycles. The summed E-state index contributed by atoms with van der Waals surface area (Å²) < 4.78 is 5.32. The molecule has 0 bridgehead atoms. The van der Waals surface area contributed by atoms with Crippen molar-refractivity contribution in [1.82, 2.24) is 14.7 Å². The van der Waals surface area contributed by atoms with Crippen molar-refractivity contribution >= 4 is 12.1 Å². The molecule has 2 saturated heterocycles. The highest BCUT2D eigenvalue weighted by Crippen LogP contribution is 2.30. The van der Waals surface area contributed by atoms with Gasteiger partial charge in [0.25, 0.3) is 0 Å². The van der Waals surface area contributed by atoms with Crippen molar-refractivity contribution in [3.8, 4) is 0 Å². The summed E-state index contributed by atoms with van der Waals surface area (Å²) in [6, 6.07) is 0.265. The summed E-state index contributed by atoms with van der Waals surface area (Å²) >= 11 is 0. The summed E-state index contributed by atoms with van der Waals surface area (Å²) in [6.45, 7) is 6.27. The minimum Gasteiger partial charge on any atom is -0.378 e. The molecule has 0 aromatic rings. The Morgan fingerprint density at radius 3 is 1.96 bits per heavy atom. The van der Waals surface area contributed by atoms with Gasteiger partial charge in [-0.15, -0.1) is 0 Å². The van der Waals surface area contributed by atoms with E-state index in [0.717, 1.165) is 31.6 Å². The summed E-state index contributed by atoms with van der Waals surface area (Å²) in [5, 5.41) is 0. The molecular formula is C18H32N4O3. The molecule has 2 aliphatic heterocycles. The summed E-state index contributed by atoms with van der Waals surface area (Å²) in [6.07, 6.45) is 6.09. The number of carbonyl (C=O) groups is 2. The van der Waals surface area contributed by atoms with E-state index in [1.165, 1.54) is 12.8 Å². The summed E-state index contributed by atoms with van der Waals surface area (Å²) in [5.74, 6) is 0.749. The number of amides is 4. The normalized spacial score (nSPS) is 28.7. The summed E-state index contributed by atoms with van der Waals surface area (Å²) in [7, 11) is 0. The topological polar surface area (TPSA) is 79.1 Å². The van der Waals surface area contributed by atoms with Gasteiger partial charge in [-0.25, -0.2) is 9.59 Å². The molecule has 142 valence electrons. The Bertz CT molecular complexity index is 465. The van der Waals surface area contributed by atoms with Gasteiger partial charge in [0.15, 0.2) is 0 Å². The van der Waals surface area contributed by atoms with Gasteiger partial charge in [-0.2, -0.15) is 0 Å². The van der Waals surface area contributed by atoms with Crippen molar-refractivity contribution < 1.29 is 14.3 Å². The number of hydrogen-bond acceptors (Lipinski definition) is 3. The first-order chi connectivity index (χ1) is 12.1. The van der Waals surface area contributed by atoms with Crippen molar-refractivity contribution in [2.75, 3.05) is 39.4 Å². The van der Waals surface area contributed by atoms with Gasteiger partial charge in [-0.05, 0) is 44.4 Å². The molecule has 7 nitrogen and oxygen atoms in total. The number of primary amides is 1. The quantitative estimate of drug-likeness (QED) is 0.824. The maximum Gasteiger partial charge on any atom is 0.320 e. The third-order valence-corrected chi connectivity index (χ3v) is 6.04. The van der Waals surface area contributed by atoms with Gasteiger partial charge in [-0.3, -0.25) is 0 Å². The van der Waals surface area contributed by atoms with Gasteiger partial charge in [0, 0.05) is 38.3 Å². The van der Waals surface area contributed by atoms with E-state index in [4.69, 9.17) is 10.5 Å². The highest BCUT2D eigenvalue weighted by molar-refractivity contribution is 5.75. The summed E-state index contributed by atoms with van der Waals surface area (Å²) in [5.41, 5.74) is 5.73. The number of carbonyl (C=O) groups excluding carboxylic acids is 2. The number of nitrogens with zero attached hydrogens (tertiary/aromatic N) is 3. The maximum atomic E-state index is 12.6. The maximum absolute atomic E-state index is 12.6. The van der Waals surface area contributed by atoms with Crippen LogP contribution in [0.15, 0.2) is 0 Å². The molecular weight excluding hydrogens is 320 g/mol. The largest absolute Gasteiger partial charge is 0.378 e. The Kier molecular flexibility index (Phi) is 6.04.